The molecule has 2 fully saturated rings. The normalized spacial score (nSPS) is 22.6. The summed E-state index contributed by atoms with van der Waals surface area (Å²) < 4.78 is 11.8. The van der Waals surface area contributed by atoms with E-state index in [4.69, 9.17) is 9.47 Å². The number of morpholine rings is 1. The van der Waals surface area contributed by atoms with Gasteiger partial charge < -0.3 is 19.3 Å². The van der Waals surface area contributed by atoms with Gasteiger partial charge in [0.25, 0.3) is 0 Å². The molecule has 2 aromatic carbocycles. The van der Waals surface area contributed by atoms with Crippen molar-refractivity contribution in [3.63, 3.8) is 0 Å². The van der Waals surface area contributed by atoms with Gasteiger partial charge in [0.2, 0.25) is 11.8 Å². The second-order valence-electron chi connectivity index (χ2n) is 9.56. The van der Waals surface area contributed by atoms with E-state index < -0.39 is 0 Å². The molecule has 2 unspecified atom stereocenters. The van der Waals surface area contributed by atoms with Crippen molar-refractivity contribution in [2.45, 2.75) is 44.8 Å². The number of rotatable bonds is 6. The first-order valence-corrected chi connectivity index (χ1v) is 11.9. The Morgan fingerprint density at radius 1 is 1.03 bits per heavy atom. The first kappa shape index (κ1) is 23.3. The van der Waals surface area contributed by atoms with Crippen molar-refractivity contribution in [3.8, 4) is 5.75 Å². The Morgan fingerprint density at radius 3 is 2.45 bits per heavy atom. The third-order valence-corrected chi connectivity index (χ3v) is 6.61. The van der Waals surface area contributed by atoms with Gasteiger partial charge >= 0.3 is 0 Å². The highest BCUT2D eigenvalue weighted by Crippen LogP contribution is 2.33. The Bertz CT molecular complexity index is 932. The van der Waals surface area contributed by atoms with Gasteiger partial charge in [0, 0.05) is 13.1 Å². The predicted octanol–water partition coefficient (Wildman–Crippen LogP) is 4.07. The number of carbonyl (C=O) groups is 2. The summed E-state index contributed by atoms with van der Waals surface area (Å²) in [5, 5.41) is 0. The lowest BCUT2D eigenvalue weighted by molar-refractivity contribution is -0.161. The number of para-hydroxylation sites is 1. The minimum Gasteiger partial charge on any atom is -0.493 e. The maximum Gasteiger partial charge on any atom is 0.228 e. The number of amides is 2. The maximum absolute atomic E-state index is 13.6. The van der Waals surface area contributed by atoms with Gasteiger partial charge in [-0.25, -0.2) is 0 Å². The van der Waals surface area contributed by atoms with Crippen molar-refractivity contribution in [3.05, 3.63) is 66.2 Å². The lowest BCUT2D eigenvalue weighted by Gasteiger charge is -2.47. The molecule has 2 heterocycles. The molecule has 176 valence electrons. The highest BCUT2D eigenvalue weighted by Gasteiger charge is 2.42. The number of benzene rings is 2. The summed E-state index contributed by atoms with van der Waals surface area (Å²) in [4.78, 5) is 30.2. The standard InChI is InChI=1S/C27H34N2O4/c1-27(2)20-33-24(21-10-5-3-6-11-21)19-29(27)26(31)22-12-9-16-28(18-22)25(30)15-17-32-23-13-7-4-8-14-23/h3-8,10-11,13-14,22,24H,9,12,15-20H2,1-2H3. The van der Waals surface area contributed by atoms with Gasteiger partial charge in [-0.1, -0.05) is 48.5 Å². The van der Waals surface area contributed by atoms with Crippen molar-refractivity contribution in [1.82, 2.24) is 9.80 Å². The number of hydrogen-bond donors (Lipinski definition) is 0. The molecule has 0 radical (unpaired) electrons. The molecule has 4 rings (SSSR count). The fourth-order valence-electron chi connectivity index (χ4n) is 4.66. The van der Waals surface area contributed by atoms with Crippen LogP contribution in [0.25, 0.3) is 0 Å². The van der Waals surface area contributed by atoms with Crippen molar-refractivity contribution >= 4 is 11.8 Å². The predicted molar refractivity (Wildman–Crippen MR) is 127 cm³/mol. The number of hydrogen-bond acceptors (Lipinski definition) is 4. The van der Waals surface area contributed by atoms with Gasteiger partial charge in [0.15, 0.2) is 0 Å². The van der Waals surface area contributed by atoms with Crippen LogP contribution in [0.4, 0.5) is 0 Å². The SMILES string of the molecule is CC1(C)COC(c2ccccc2)CN1C(=O)C1CCCN(C(=O)CCOc2ccccc2)C1. The van der Waals surface area contributed by atoms with E-state index in [2.05, 4.69) is 13.8 Å². The number of likely N-dealkylation sites (tertiary alicyclic amines) is 1. The molecule has 0 aliphatic carbocycles. The van der Waals surface area contributed by atoms with Gasteiger partial charge in [-0.2, -0.15) is 0 Å². The minimum atomic E-state index is -0.377. The molecule has 2 aliphatic heterocycles. The Morgan fingerprint density at radius 2 is 1.73 bits per heavy atom. The van der Waals surface area contributed by atoms with E-state index in [0.29, 0.717) is 39.3 Å². The van der Waals surface area contributed by atoms with Gasteiger partial charge in [-0.15, -0.1) is 0 Å². The van der Waals surface area contributed by atoms with Crippen LogP contribution in [0.5, 0.6) is 5.75 Å². The van der Waals surface area contributed by atoms with E-state index in [0.717, 1.165) is 24.2 Å². The smallest absolute Gasteiger partial charge is 0.228 e. The van der Waals surface area contributed by atoms with E-state index in [1.54, 1.807) is 0 Å². The van der Waals surface area contributed by atoms with Crippen LogP contribution in [0.1, 0.15) is 44.8 Å². The molecule has 2 amide bonds. The van der Waals surface area contributed by atoms with E-state index in [9.17, 15) is 9.59 Å². The molecule has 33 heavy (non-hydrogen) atoms. The minimum absolute atomic E-state index is 0.0480. The zero-order valence-corrected chi connectivity index (χ0v) is 19.6. The molecule has 0 saturated carbocycles. The lowest BCUT2D eigenvalue weighted by atomic mass is 9.91. The topological polar surface area (TPSA) is 59.1 Å². The molecule has 2 aliphatic rings. The lowest BCUT2D eigenvalue weighted by Crippen LogP contribution is -2.59. The van der Waals surface area contributed by atoms with Crippen LogP contribution in [0.2, 0.25) is 0 Å². The fraction of sp³-hybridized carbons (Fsp3) is 0.481. The Kier molecular flexibility index (Phi) is 7.33. The molecule has 2 atom stereocenters. The van der Waals surface area contributed by atoms with Crippen LogP contribution in [0, 0.1) is 5.92 Å². The molecule has 0 aromatic heterocycles. The number of nitrogens with zero attached hydrogens (tertiary/aromatic N) is 2. The summed E-state index contributed by atoms with van der Waals surface area (Å²) >= 11 is 0. The third-order valence-electron chi connectivity index (χ3n) is 6.61. The number of ether oxygens (including phenoxy) is 2. The Labute approximate surface area is 196 Å². The number of piperidine rings is 1. The molecular formula is C27H34N2O4. The second-order valence-corrected chi connectivity index (χ2v) is 9.56. The van der Waals surface area contributed by atoms with Crippen LogP contribution in [0.3, 0.4) is 0 Å². The number of carbonyl (C=O) groups excluding carboxylic acids is 2. The summed E-state index contributed by atoms with van der Waals surface area (Å²) in [7, 11) is 0. The molecule has 6 heteroatoms. The van der Waals surface area contributed by atoms with Gasteiger partial charge in [0.05, 0.1) is 37.6 Å². The summed E-state index contributed by atoms with van der Waals surface area (Å²) in [6.45, 7) is 6.65. The molecule has 6 nitrogen and oxygen atoms in total. The van der Waals surface area contributed by atoms with Gasteiger partial charge in [-0.05, 0) is 44.4 Å². The quantitative estimate of drug-likeness (QED) is 0.666. The second kappa shape index (κ2) is 10.4. The van der Waals surface area contributed by atoms with Crippen molar-refractivity contribution < 1.29 is 19.1 Å². The van der Waals surface area contributed by atoms with Crippen LogP contribution in [-0.4, -0.2) is 60.0 Å². The average Bonchev–Trinajstić information content (AvgIpc) is 2.85. The summed E-state index contributed by atoms with van der Waals surface area (Å²) in [6, 6.07) is 19.6. The summed E-state index contributed by atoms with van der Waals surface area (Å²) in [6.07, 6.45) is 1.84. The first-order valence-electron chi connectivity index (χ1n) is 11.9. The van der Waals surface area contributed by atoms with E-state index in [1.807, 2.05) is 70.5 Å². The molecule has 0 bridgehead atoms. The maximum atomic E-state index is 13.6. The van der Waals surface area contributed by atoms with E-state index >= 15 is 0 Å². The van der Waals surface area contributed by atoms with Gasteiger partial charge in [0.1, 0.15) is 11.9 Å². The molecule has 0 spiro atoms. The van der Waals surface area contributed by atoms with Crippen LogP contribution in [-0.2, 0) is 14.3 Å². The van der Waals surface area contributed by atoms with Crippen molar-refractivity contribution in [2.24, 2.45) is 5.92 Å². The summed E-state index contributed by atoms with van der Waals surface area (Å²) in [5.74, 6) is 0.764. The highest BCUT2D eigenvalue weighted by molar-refractivity contribution is 5.82. The first-order chi connectivity index (χ1) is 15.9. The molecule has 0 N–H and O–H groups in total. The van der Waals surface area contributed by atoms with Crippen LogP contribution in [0.15, 0.2) is 60.7 Å². The zero-order chi connectivity index (χ0) is 23.3. The monoisotopic (exact) mass is 450 g/mol. The largest absolute Gasteiger partial charge is 0.493 e. The molecular weight excluding hydrogens is 416 g/mol. The highest BCUT2D eigenvalue weighted by atomic mass is 16.5. The van der Waals surface area contributed by atoms with Crippen molar-refractivity contribution in [1.29, 1.82) is 0 Å². The molecule has 2 saturated heterocycles. The summed E-state index contributed by atoms with van der Waals surface area (Å²) in [5.41, 5.74) is 0.711. The molecule has 2 aromatic rings. The fourth-order valence-corrected chi connectivity index (χ4v) is 4.66. The van der Waals surface area contributed by atoms with Gasteiger partial charge in [-0.3, -0.25) is 9.59 Å². The third kappa shape index (κ3) is 5.74. The average molecular weight is 451 g/mol. The Balaban J connectivity index is 1.35. The van der Waals surface area contributed by atoms with E-state index in [-0.39, 0.29) is 29.4 Å². The van der Waals surface area contributed by atoms with Crippen LogP contribution < -0.4 is 4.74 Å². The zero-order valence-electron chi connectivity index (χ0n) is 19.6. The van der Waals surface area contributed by atoms with Crippen molar-refractivity contribution in [2.75, 3.05) is 32.8 Å². The van der Waals surface area contributed by atoms with E-state index in [1.165, 1.54) is 0 Å². The Hall–Kier alpha value is -2.86. The van der Waals surface area contributed by atoms with Crippen LogP contribution >= 0.6 is 0 Å².